The Labute approximate surface area is 170 Å². The normalized spacial score (nSPS) is 19.1. The number of benzene rings is 1. The first-order valence-electron chi connectivity index (χ1n) is 9.94. The summed E-state index contributed by atoms with van der Waals surface area (Å²) in [5.74, 6) is 2.03. The SMILES string of the molecule is O=C(NCC(c1ccco1)N1CCCCC1)C1=C(c2ccccc2)SCCO1. The van der Waals surface area contributed by atoms with E-state index in [0.717, 1.165) is 35.1 Å². The van der Waals surface area contributed by atoms with E-state index in [0.29, 0.717) is 18.9 Å². The summed E-state index contributed by atoms with van der Waals surface area (Å²) in [6, 6.07) is 13.9. The number of nitrogens with one attached hydrogen (secondary N) is 1. The number of amides is 1. The molecule has 2 aliphatic heterocycles. The lowest BCUT2D eigenvalue weighted by Crippen LogP contribution is -2.41. The Kier molecular flexibility index (Phi) is 6.39. The molecule has 1 fully saturated rings. The first-order chi connectivity index (χ1) is 13.8. The molecule has 6 heteroatoms. The average Bonchev–Trinajstić information content (AvgIpc) is 3.30. The molecule has 3 heterocycles. The lowest BCUT2D eigenvalue weighted by atomic mass is 10.1. The fourth-order valence-electron chi connectivity index (χ4n) is 3.78. The number of rotatable bonds is 6. The summed E-state index contributed by atoms with van der Waals surface area (Å²) in [4.78, 5) is 16.3. The highest BCUT2D eigenvalue weighted by Gasteiger charge is 2.27. The van der Waals surface area contributed by atoms with E-state index >= 15 is 0 Å². The highest BCUT2D eigenvalue weighted by Crippen LogP contribution is 2.34. The first kappa shape index (κ1) is 19.2. The van der Waals surface area contributed by atoms with Crippen LogP contribution in [0.2, 0.25) is 0 Å². The van der Waals surface area contributed by atoms with Crippen LogP contribution >= 0.6 is 11.8 Å². The van der Waals surface area contributed by atoms with Gasteiger partial charge in [0.1, 0.15) is 5.76 Å². The van der Waals surface area contributed by atoms with Crippen LogP contribution in [0.15, 0.2) is 58.9 Å². The minimum absolute atomic E-state index is 0.0521. The minimum Gasteiger partial charge on any atom is -0.486 e. The number of piperidine rings is 1. The Morgan fingerprint density at radius 1 is 1.11 bits per heavy atom. The van der Waals surface area contributed by atoms with Crippen LogP contribution in [0.4, 0.5) is 0 Å². The Bertz CT molecular complexity index is 798. The van der Waals surface area contributed by atoms with E-state index in [1.165, 1.54) is 19.3 Å². The summed E-state index contributed by atoms with van der Waals surface area (Å²) in [7, 11) is 0. The Hall–Kier alpha value is -2.18. The highest BCUT2D eigenvalue weighted by molar-refractivity contribution is 8.08. The molecule has 1 unspecified atom stereocenters. The summed E-state index contributed by atoms with van der Waals surface area (Å²) in [5, 5.41) is 3.10. The zero-order valence-corrected chi connectivity index (χ0v) is 16.7. The molecule has 0 saturated carbocycles. The molecule has 0 aliphatic carbocycles. The van der Waals surface area contributed by atoms with Gasteiger partial charge in [0, 0.05) is 12.3 Å². The number of carbonyl (C=O) groups is 1. The zero-order chi connectivity index (χ0) is 19.2. The van der Waals surface area contributed by atoms with Gasteiger partial charge in [0.05, 0.1) is 23.8 Å². The quantitative estimate of drug-likeness (QED) is 0.795. The summed E-state index contributed by atoms with van der Waals surface area (Å²) < 4.78 is 11.5. The van der Waals surface area contributed by atoms with Crippen molar-refractivity contribution in [1.82, 2.24) is 10.2 Å². The van der Waals surface area contributed by atoms with Crippen molar-refractivity contribution in [3.8, 4) is 0 Å². The van der Waals surface area contributed by atoms with Gasteiger partial charge >= 0.3 is 0 Å². The van der Waals surface area contributed by atoms with Crippen LogP contribution in [-0.2, 0) is 9.53 Å². The first-order valence-corrected chi connectivity index (χ1v) is 10.9. The molecule has 1 aromatic heterocycles. The summed E-state index contributed by atoms with van der Waals surface area (Å²) in [6.07, 6.45) is 5.35. The van der Waals surface area contributed by atoms with E-state index in [2.05, 4.69) is 10.2 Å². The molecule has 2 aliphatic rings. The molecule has 5 nitrogen and oxygen atoms in total. The maximum Gasteiger partial charge on any atom is 0.287 e. The van der Waals surface area contributed by atoms with Gasteiger partial charge in [-0.25, -0.2) is 0 Å². The van der Waals surface area contributed by atoms with Gasteiger partial charge < -0.3 is 14.5 Å². The highest BCUT2D eigenvalue weighted by atomic mass is 32.2. The van der Waals surface area contributed by atoms with Gasteiger partial charge in [-0.1, -0.05) is 36.8 Å². The summed E-state index contributed by atoms with van der Waals surface area (Å²) in [6.45, 7) is 3.13. The topological polar surface area (TPSA) is 54.7 Å². The molecule has 1 saturated heterocycles. The largest absolute Gasteiger partial charge is 0.486 e. The molecule has 0 bridgehead atoms. The van der Waals surface area contributed by atoms with Crippen LogP contribution in [0.3, 0.4) is 0 Å². The number of nitrogens with zero attached hydrogens (tertiary/aromatic N) is 1. The molecule has 1 atom stereocenters. The van der Waals surface area contributed by atoms with E-state index in [9.17, 15) is 4.79 Å². The predicted octanol–water partition coefficient (Wildman–Crippen LogP) is 4.06. The van der Waals surface area contributed by atoms with E-state index in [4.69, 9.17) is 9.15 Å². The summed E-state index contributed by atoms with van der Waals surface area (Å²) in [5.41, 5.74) is 1.02. The maximum atomic E-state index is 13.0. The van der Waals surface area contributed by atoms with Crippen molar-refractivity contribution < 1.29 is 13.9 Å². The molecular formula is C22H26N2O3S. The Balaban J connectivity index is 1.50. The van der Waals surface area contributed by atoms with Crippen molar-refractivity contribution in [2.45, 2.75) is 25.3 Å². The predicted molar refractivity (Wildman–Crippen MR) is 112 cm³/mol. The van der Waals surface area contributed by atoms with Gasteiger partial charge in [-0.3, -0.25) is 9.69 Å². The molecule has 148 valence electrons. The molecular weight excluding hydrogens is 372 g/mol. The van der Waals surface area contributed by atoms with E-state index in [1.807, 2.05) is 42.5 Å². The molecule has 1 N–H and O–H groups in total. The smallest absolute Gasteiger partial charge is 0.287 e. The van der Waals surface area contributed by atoms with Crippen LogP contribution in [0.1, 0.15) is 36.6 Å². The van der Waals surface area contributed by atoms with Gasteiger partial charge in [0.2, 0.25) is 0 Å². The van der Waals surface area contributed by atoms with Crippen molar-refractivity contribution in [1.29, 1.82) is 0 Å². The van der Waals surface area contributed by atoms with Crippen molar-refractivity contribution >= 4 is 22.6 Å². The number of likely N-dealkylation sites (tertiary alicyclic amines) is 1. The molecule has 28 heavy (non-hydrogen) atoms. The molecule has 1 aromatic carbocycles. The van der Waals surface area contributed by atoms with Crippen molar-refractivity contribution in [2.24, 2.45) is 0 Å². The Morgan fingerprint density at radius 2 is 1.93 bits per heavy atom. The number of hydrogen-bond donors (Lipinski definition) is 1. The fourth-order valence-corrected chi connectivity index (χ4v) is 4.74. The van der Waals surface area contributed by atoms with Gasteiger partial charge in [0.25, 0.3) is 5.91 Å². The van der Waals surface area contributed by atoms with Crippen LogP contribution in [0.5, 0.6) is 0 Å². The number of furan rings is 1. The van der Waals surface area contributed by atoms with Gasteiger partial charge in [-0.2, -0.15) is 0 Å². The fraction of sp³-hybridized carbons (Fsp3) is 0.409. The third kappa shape index (κ3) is 4.45. The molecule has 1 amide bonds. The molecule has 2 aromatic rings. The minimum atomic E-state index is -0.153. The van der Waals surface area contributed by atoms with Gasteiger partial charge in [-0.05, 0) is 43.6 Å². The van der Waals surface area contributed by atoms with Crippen molar-refractivity contribution in [3.05, 3.63) is 65.8 Å². The number of carbonyl (C=O) groups excluding carboxylic acids is 1. The average molecular weight is 399 g/mol. The second-order valence-corrected chi connectivity index (χ2v) is 8.16. The number of hydrogen-bond acceptors (Lipinski definition) is 5. The van der Waals surface area contributed by atoms with Crippen LogP contribution in [-0.4, -0.2) is 42.8 Å². The van der Waals surface area contributed by atoms with E-state index in [-0.39, 0.29) is 11.9 Å². The standard InChI is InChI=1S/C22H26N2O3S/c25-22(20-21(28-15-14-27-20)17-8-3-1-4-9-17)23-16-18(19-10-7-13-26-19)24-11-5-2-6-12-24/h1,3-4,7-10,13,18H,2,5-6,11-12,14-16H2,(H,23,25). The third-order valence-electron chi connectivity index (χ3n) is 5.18. The van der Waals surface area contributed by atoms with E-state index < -0.39 is 0 Å². The molecule has 0 radical (unpaired) electrons. The second kappa shape index (κ2) is 9.34. The van der Waals surface area contributed by atoms with Crippen LogP contribution in [0, 0.1) is 0 Å². The summed E-state index contributed by atoms with van der Waals surface area (Å²) >= 11 is 1.68. The number of thioether (sulfide) groups is 1. The third-order valence-corrected chi connectivity index (χ3v) is 6.26. The van der Waals surface area contributed by atoms with Crippen molar-refractivity contribution in [2.75, 3.05) is 32.0 Å². The molecule has 4 rings (SSSR count). The maximum absolute atomic E-state index is 13.0. The van der Waals surface area contributed by atoms with Gasteiger partial charge in [0.15, 0.2) is 5.76 Å². The van der Waals surface area contributed by atoms with Crippen molar-refractivity contribution in [3.63, 3.8) is 0 Å². The van der Waals surface area contributed by atoms with Crippen LogP contribution in [0.25, 0.3) is 4.91 Å². The van der Waals surface area contributed by atoms with Gasteiger partial charge in [-0.15, -0.1) is 11.8 Å². The number of ether oxygens (including phenoxy) is 1. The monoisotopic (exact) mass is 398 g/mol. The molecule has 0 spiro atoms. The Morgan fingerprint density at radius 3 is 2.68 bits per heavy atom. The van der Waals surface area contributed by atoms with Crippen LogP contribution < -0.4 is 5.32 Å². The lowest BCUT2D eigenvalue weighted by Gasteiger charge is -2.33. The van der Waals surface area contributed by atoms with E-state index in [1.54, 1.807) is 18.0 Å². The second-order valence-electron chi connectivity index (χ2n) is 7.06. The lowest BCUT2D eigenvalue weighted by molar-refractivity contribution is -0.121. The zero-order valence-electron chi connectivity index (χ0n) is 15.9.